The lowest BCUT2D eigenvalue weighted by Crippen LogP contribution is -1.95. The number of rotatable bonds is 3. The van der Waals surface area contributed by atoms with Crippen LogP contribution in [0.2, 0.25) is 0 Å². The maximum Gasteiger partial charge on any atom is 0.220 e. The monoisotopic (exact) mass is 744 g/mol. The van der Waals surface area contributed by atoms with Crippen LogP contribution in [0.5, 0.6) is 0 Å². The molecule has 14 rings (SSSR count). The van der Waals surface area contributed by atoms with Gasteiger partial charge in [0.05, 0.1) is 60.9 Å². The Bertz CT molecular complexity index is 4060. The number of benzene rings is 8. The smallest absolute Gasteiger partial charge is 0.220 e. The lowest BCUT2D eigenvalue weighted by molar-refractivity contribution is 0.666. The summed E-state index contributed by atoms with van der Waals surface area (Å²) in [5.74, 6) is 1.72. The Morgan fingerprint density at radius 2 is 0.879 bits per heavy atom. The molecule has 0 atom stereocenters. The minimum atomic E-state index is 0.822. The Kier molecular flexibility index (Phi) is 5.62. The summed E-state index contributed by atoms with van der Waals surface area (Å²) in [5.41, 5.74) is 15.9. The number of furan rings is 2. The third kappa shape index (κ3) is 3.83. The van der Waals surface area contributed by atoms with Gasteiger partial charge in [-0.3, -0.25) is 17.9 Å². The molecule has 6 heterocycles. The molecule has 8 heteroatoms. The largest absolute Gasteiger partial charge is 0.456 e. The van der Waals surface area contributed by atoms with E-state index in [-0.39, 0.29) is 0 Å². The summed E-state index contributed by atoms with van der Waals surface area (Å²) in [7, 11) is 0. The van der Waals surface area contributed by atoms with Crippen molar-refractivity contribution in [3.05, 3.63) is 170 Å². The van der Waals surface area contributed by atoms with Crippen LogP contribution in [0.3, 0.4) is 0 Å². The molecule has 0 aliphatic carbocycles. The standard InChI is InChI=1S/C50H28N6O2/c1-3-14-36-34(12-1)51-49-53(36)38-16-5-7-18-40(38)55(49)42-20-10-22-46-47(42)33-28-30(24-26-45(33)57-46)29-23-25-44-32(27-29)31-11-9-21-43(48(31)58-44)56-41-19-8-6-17-39(41)54-37-15-4-2-13-35(37)52-50(54)56/h1-28H. The van der Waals surface area contributed by atoms with Gasteiger partial charge in [0, 0.05) is 16.2 Å². The molecule has 6 aromatic heterocycles. The highest BCUT2D eigenvalue weighted by molar-refractivity contribution is 6.13. The molecule has 0 radical (unpaired) electrons. The predicted molar refractivity (Wildman–Crippen MR) is 233 cm³/mol. The first kappa shape index (κ1) is 30.2. The number of nitrogens with zero attached hydrogens (tertiary/aromatic N) is 6. The summed E-state index contributed by atoms with van der Waals surface area (Å²) >= 11 is 0. The van der Waals surface area contributed by atoms with Crippen LogP contribution in [0.15, 0.2) is 179 Å². The molecule has 14 aromatic rings. The topological polar surface area (TPSA) is 70.7 Å². The van der Waals surface area contributed by atoms with Gasteiger partial charge in [0.1, 0.15) is 16.7 Å². The Balaban J connectivity index is 0.967. The molecule has 0 spiro atoms. The van der Waals surface area contributed by atoms with Crippen molar-refractivity contribution in [2.75, 3.05) is 0 Å². The van der Waals surface area contributed by atoms with Gasteiger partial charge in [-0.15, -0.1) is 0 Å². The van der Waals surface area contributed by atoms with E-state index >= 15 is 0 Å². The van der Waals surface area contributed by atoms with Crippen molar-refractivity contribution in [3.8, 4) is 22.5 Å². The van der Waals surface area contributed by atoms with Crippen LogP contribution in [-0.2, 0) is 0 Å². The summed E-state index contributed by atoms with van der Waals surface area (Å²) < 4.78 is 22.3. The summed E-state index contributed by atoms with van der Waals surface area (Å²) in [6.45, 7) is 0. The van der Waals surface area contributed by atoms with Crippen molar-refractivity contribution >= 4 is 99.6 Å². The van der Waals surface area contributed by atoms with Gasteiger partial charge >= 0.3 is 0 Å². The van der Waals surface area contributed by atoms with Crippen LogP contribution in [0, 0.1) is 0 Å². The van der Waals surface area contributed by atoms with Crippen LogP contribution in [-0.4, -0.2) is 27.9 Å². The van der Waals surface area contributed by atoms with E-state index in [0.29, 0.717) is 0 Å². The van der Waals surface area contributed by atoms with Gasteiger partial charge in [0.15, 0.2) is 5.58 Å². The third-order valence-electron chi connectivity index (χ3n) is 12.0. The molecule has 0 N–H and O–H groups in total. The second-order valence-corrected chi connectivity index (χ2v) is 15.1. The van der Waals surface area contributed by atoms with Crippen molar-refractivity contribution < 1.29 is 8.83 Å². The molecule has 0 aliphatic rings. The number of imidazole rings is 4. The maximum atomic E-state index is 6.75. The minimum Gasteiger partial charge on any atom is -0.456 e. The minimum absolute atomic E-state index is 0.822. The second-order valence-electron chi connectivity index (χ2n) is 15.1. The summed E-state index contributed by atoms with van der Waals surface area (Å²) in [6.07, 6.45) is 0. The Morgan fingerprint density at radius 3 is 1.53 bits per heavy atom. The molecule has 0 unspecified atom stereocenters. The van der Waals surface area contributed by atoms with E-state index in [0.717, 1.165) is 122 Å². The van der Waals surface area contributed by atoms with Crippen molar-refractivity contribution in [1.82, 2.24) is 27.9 Å². The van der Waals surface area contributed by atoms with Crippen molar-refractivity contribution in [2.45, 2.75) is 0 Å². The molecule has 0 bridgehead atoms. The lowest BCUT2D eigenvalue weighted by atomic mass is 10.00. The average molecular weight is 745 g/mol. The van der Waals surface area contributed by atoms with Crippen LogP contribution in [0.1, 0.15) is 0 Å². The van der Waals surface area contributed by atoms with Gasteiger partial charge in [-0.25, -0.2) is 9.97 Å². The van der Waals surface area contributed by atoms with E-state index in [1.54, 1.807) is 0 Å². The van der Waals surface area contributed by atoms with Crippen LogP contribution >= 0.6 is 0 Å². The highest BCUT2D eigenvalue weighted by atomic mass is 16.3. The number of para-hydroxylation sites is 9. The highest BCUT2D eigenvalue weighted by Gasteiger charge is 2.23. The first-order valence-corrected chi connectivity index (χ1v) is 19.4. The fourth-order valence-electron chi connectivity index (χ4n) is 9.49. The van der Waals surface area contributed by atoms with Crippen molar-refractivity contribution in [3.63, 3.8) is 0 Å². The van der Waals surface area contributed by atoms with E-state index in [9.17, 15) is 0 Å². The lowest BCUT2D eigenvalue weighted by Gasteiger charge is -2.08. The fourth-order valence-corrected chi connectivity index (χ4v) is 9.49. The molecule has 270 valence electrons. The predicted octanol–water partition coefficient (Wildman–Crippen LogP) is 12.6. The van der Waals surface area contributed by atoms with Crippen LogP contribution in [0.25, 0.3) is 122 Å². The van der Waals surface area contributed by atoms with Gasteiger partial charge in [0.25, 0.3) is 0 Å². The molecule has 0 amide bonds. The zero-order valence-corrected chi connectivity index (χ0v) is 30.7. The molecule has 8 aromatic carbocycles. The van der Waals surface area contributed by atoms with Gasteiger partial charge in [-0.1, -0.05) is 78.9 Å². The zero-order valence-electron chi connectivity index (χ0n) is 30.7. The Hall–Kier alpha value is -8.10. The number of fused-ring (bicyclic) bond motifs is 16. The van der Waals surface area contributed by atoms with Gasteiger partial charge in [-0.2, -0.15) is 0 Å². The van der Waals surface area contributed by atoms with Gasteiger partial charge < -0.3 is 8.83 Å². The molecule has 8 nitrogen and oxygen atoms in total. The first-order valence-electron chi connectivity index (χ1n) is 19.4. The SMILES string of the molecule is c1ccc2c(c1)nc1n(-c3cccc4c3oc3ccc(-c5ccc6oc7cccc(-n8c9ccccc9n9c%10ccccc%10nc89)c7c6c5)cc34)c3ccccc3n21. The molecule has 58 heavy (non-hydrogen) atoms. The van der Waals surface area contributed by atoms with Crippen LogP contribution < -0.4 is 0 Å². The number of hydrogen-bond acceptors (Lipinski definition) is 4. The van der Waals surface area contributed by atoms with Crippen molar-refractivity contribution in [2.24, 2.45) is 0 Å². The Morgan fingerprint density at radius 1 is 0.362 bits per heavy atom. The molecule has 0 fully saturated rings. The highest BCUT2D eigenvalue weighted by Crippen LogP contribution is 2.41. The van der Waals surface area contributed by atoms with Crippen LogP contribution in [0.4, 0.5) is 0 Å². The Labute approximate surface area is 327 Å². The van der Waals surface area contributed by atoms with Gasteiger partial charge in [-0.05, 0) is 102 Å². The molecular formula is C50H28N6O2. The number of aromatic nitrogens is 6. The maximum absolute atomic E-state index is 6.75. The summed E-state index contributed by atoms with van der Waals surface area (Å²) in [5, 5.41) is 4.20. The third-order valence-corrected chi connectivity index (χ3v) is 12.0. The van der Waals surface area contributed by atoms with Gasteiger partial charge in [0.2, 0.25) is 11.6 Å². The summed E-state index contributed by atoms with van der Waals surface area (Å²) in [6, 6.07) is 59.3. The molecule has 0 saturated heterocycles. The van der Waals surface area contributed by atoms with E-state index in [1.165, 1.54) is 0 Å². The average Bonchev–Trinajstić information content (AvgIpc) is 4.11. The first-order chi connectivity index (χ1) is 28.8. The molecular weight excluding hydrogens is 717 g/mol. The molecule has 0 saturated carbocycles. The second kappa shape index (κ2) is 10.8. The van der Waals surface area contributed by atoms with E-state index in [4.69, 9.17) is 18.8 Å². The van der Waals surface area contributed by atoms with E-state index in [1.807, 2.05) is 12.1 Å². The summed E-state index contributed by atoms with van der Waals surface area (Å²) in [4.78, 5) is 10.3. The normalized spacial score (nSPS) is 12.5. The quantitative estimate of drug-likeness (QED) is 0.181. The van der Waals surface area contributed by atoms with Crippen molar-refractivity contribution in [1.29, 1.82) is 0 Å². The fraction of sp³-hybridized carbons (Fsp3) is 0. The molecule has 0 aliphatic heterocycles. The zero-order chi connectivity index (χ0) is 37.6. The van der Waals surface area contributed by atoms with E-state index in [2.05, 4.69) is 176 Å². The van der Waals surface area contributed by atoms with E-state index < -0.39 is 0 Å². The number of hydrogen-bond donors (Lipinski definition) is 0.